The number of para-hydroxylation sites is 1. The molecule has 0 bridgehead atoms. The molecule has 0 saturated carbocycles. The number of hydrogen-bond donors (Lipinski definition) is 2. The van der Waals surface area contributed by atoms with E-state index in [1.165, 1.54) is 9.75 Å². The zero-order valence-corrected chi connectivity index (χ0v) is 11.3. The van der Waals surface area contributed by atoms with Crippen LogP contribution in [0.15, 0.2) is 30.3 Å². The second-order valence-corrected chi connectivity index (χ2v) is 5.67. The van der Waals surface area contributed by atoms with Crippen LogP contribution in [0.25, 0.3) is 0 Å². The van der Waals surface area contributed by atoms with Gasteiger partial charge in [0.05, 0.1) is 17.4 Å². The number of thiophene rings is 1. The Balaban J connectivity index is 2.18. The Morgan fingerprint density at radius 3 is 2.59 bits per heavy atom. The van der Waals surface area contributed by atoms with Crippen LogP contribution in [0.3, 0.4) is 0 Å². The highest BCUT2D eigenvalue weighted by Crippen LogP contribution is 2.29. The predicted molar refractivity (Wildman–Crippen MR) is 76.7 cm³/mol. The second-order valence-electron chi connectivity index (χ2n) is 4.35. The summed E-state index contributed by atoms with van der Waals surface area (Å²) in [5.41, 5.74) is 9.03. The number of nitrogen functional groups attached to an aromatic ring is 1. The van der Waals surface area contributed by atoms with Crippen LogP contribution in [-0.4, -0.2) is 0 Å². The molecule has 2 aromatic rings. The fourth-order valence-corrected chi connectivity index (χ4v) is 2.68. The molecule has 1 aromatic heterocycles. The maximum absolute atomic E-state index is 6.06. The van der Waals surface area contributed by atoms with Gasteiger partial charge in [0, 0.05) is 9.75 Å². The molecule has 2 nitrogen and oxygen atoms in total. The fraction of sp³-hybridized carbons (Fsp3) is 0.286. The SMILES string of the molecule is Cc1ccc(C(C)Nc2cccc(C)c2N)s1. The van der Waals surface area contributed by atoms with Crippen LogP contribution in [0.1, 0.15) is 28.3 Å². The van der Waals surface area contributed by atoms with E-state index >= 15 is 0 Å². The summed E-state index contributed by atoms with van der Waals surface area (Å²) in [5, 5.41) is 3.47. The van der Waals surface area contributed by atoms with Gasteiger partial charge in [0.15, 0.2) is 0 Å². The summed E-state index contributed by atoms with van der Waals surface area (Å²) < 4.78 is 0. The summed E-state index contributed by atoms with van der Waals surface area (Å²) in [6.07, 6.45) is 0. The minimum atomic E-state index is 0.290. The predicted octanol–water partition coefficient (Wildman–Crippen LogP) is 4.12. The molecule has 0 radical (unpaired) electrons. The molecule has 3 heteroatoms. The van der Waals surface area contributed by atoms with E-state index in [0.29, 0.717) is 0 Å². The van der Waals surface area contributed by atoms with Crippen molar-refractivity contribution < 1.29 is 0 Å². The second kappa shape index (κ2) is 4.80. The summed E-state index contributed by atoms with van der Waals surface area (Å²) in [6, 6.07) is 10.7. The van der Waals surface area contributed by atoms with Crippen molar-refractivity contribution in [3.05, 3.63) is 45.6 Å². The number of rotatable bonds is 3. The number of benzene rings is 1. The van der Waals surface area contributed by atoms with Gasteiger partial charge in [-0.05, 0) is 44.5 Å². The summed E-state index contributed by atoms with van der Waals surface area (Å²) in [6.45, 7) is 6.31. The number of anilines is 2. The standard InChI is InChI=1S/C14H18N2S/c1-9-5-4-6-12(14(9)15)16-11(3)13-8-7-10(2)17-13/h4-8,11,16H,15H2,1-3H3. The van der Waals surface area contributed by atoms with Crippen LogP contribution in [0.4, 0.5) is 11.4 Å². The largest absolute Gasteiger partial charge is 0.397 e. The van der Waals surface area contributed by atoms with Crippen molar-refractivity contribution in [1.29, 1.82) is 0 Å². The first-order valence-corrected chi connectivity index (χ1v) is 6.57. The Kier molecular flexibility index (Phi) is 3.38. The molecule has 0 fully saturated rings. The lowest BCUT2D eigenvalue weighted by Gasteiger charge is -2.16. The molecule has 1 heterocycles. The van der Waals surface area contributed by atoms with Crippen molar-refractivity contribution >= 4 is 22.7 Å². The molecule has 0 aliphatic carbocycles. The Hall–Kier alpha value is -1.48. The number of nitrogens with one attached hydrogen (secondary N) is 1. The van der Waals surface area contributed by atoms with E-state index in [-0.39, 0.29) is 6.04 Å². The molecular weight excluding hydrogens is 228 g/mol. The van der Waals surface area contributed by atoms with Crippen LogP contribution in [0, 0.1) is 13.8 Å². The van der Waals surface area contributed by atoms with E-state index in [9.17, 15) is 0 Å². The fourth-order valence-electron chi connectivity index (χ4n) is 1.80. The average Bonchev–Trinajstić information content (AvgIpc) is 2.72. The molecule has 17 heavy (non-hydrogen) atoms. The molecule has 0 saturated heterocycles. The molecule has 0 aliphatic heterocycles. The van der Waals surface area contributed by atoms with Crippen molar-refractivity contribution in [2.45, 2.75) is 26.8 Å². The molecule has 90 valence electrons. The first-order chi connectivity index (χ1) is 8.08. The minimum Gasteiger partial charge on any atom is -0.397 e. The normalized spacial score (nSPS) is 12.4. The maximum Gasteiger partial charge on any atom is 0.0581 e. The van der Waals surface area contributed by atoms with Crippen LogP contribution < -0.4 is 11.1 Å². The van der Waals surface area contributed by atoms with Crippen molar-refractivity contribution in [2.24, 2.45) is 0 Å². The molecule has 0 spiro atoms. The van der Waals surface area contributed by atoms with Crippen molar-refractivity contribution in [3.8, 4) is 0 Å². The number of hydrogen-bond acceptors (Lipinski definition) is 3. The Morgan fingerprint density at radius 2 is 1.94 bits per heavy atom. The van der Waals surface area contributed by atoms with Gasteiger partial charge in [0.2, 0.25) is 0 Å². The van der Waals surface area contributed by atoms with E-state index in [4.69, 9.17) is 5.73 Å². The summed E-state index contributed by atoms with van der Waals surface area (Å²) >= 11 is 1.82. The molecular formula is C14H18N2S. The van der Waals surface area contributed by atoms with Gasteiger partial charge in [-0.15, -0.1) is 11.3 Å². The van der Waals surface area contributed by atoms with Gasteiger partial charge in [-0.1, -0.05) is 12.1 Å². The lowest BCUT2D eigenvalue weighted by Crippen LogP contribution is -2.07. The number of nitrogens with two attached hydrogens (primary N) is 1. The van der Waals surface area contributed by atoms with Gasteiger partial charge in [-0.3, -0.25) is 0 Å². The maximum atomic E-state index is 6.06. The Labute approximate surface area is 106 Å². The lowest BCUT2D eigenvalue weighted by atomic mass is 10.1. The number of aryl methyl sites for hydroxylation is 2. The van der Waals surface area contributed by atoms with Crippen LogP contribution in [0.2, 0.25) is 0 Å². The van der Waals surface area contributed by atoms with E-state index in [0.717, 1.165) is 16.9 Å². The van der Waals surface area contributed by atoms with E-state index < -0.39 is 0 Å². The Morgan fingerprint density at radius 1 is 1.18 bits per heavy atom. The minimum absolute atomic E-state index is 0.290. The highest BCUT2D eigenvalue weighted by molar-refractivity contribution is 7.12. The third-order valence-corrected chi connectivity index (χ3v) is 4.07. The van der Waals surface area contributed by atoms with E-state index in [1.807, 2.05) is 36.5 Å². The van der Waals surface area contributed by atoms with Crippen LogP contribution in [0.5, 0.6) is 0 Å². The molecule has 3 N–H and O–H groups in total. The lowest BCUT2D eigenvalue weighted by molar-refractivity contribution is 0.908. The molecule has 0 amide bonds. The first-order valence-electron chi connectivity index (χ1n) is 5.76. The van der Waals surface area contributed by atoms with E-state index in [1.54, 1.807) is 0 Å². The molecule has 0 aliphatic rings. The topological polar surface area (TPSA) is 38.0 Å². The van der Waals surface area contributed by atoms with Crippen molar-refractivity contribution in [3.63, 3.8) is 0 Å². The highest BCUT2D eigenvalue weighted by Gasteiger charge is 2.09. The first kappa shape index (κ1) is 12.0. The summed E-state index contributed by atoms with van der Waals surface area (Å²) in [5.74, 6) is 0. The summed E-state index contributed by atoms with van der Waals surface area (Å²) in [7, 11) is 0. The van der Waals surface area contributed by atoms with Crippen molar-refractivity contribution in [1.82, 2.24) is 0 Å². The summed E-state index contributed by atoms with van der Waals surface area (Å²) in [4.78, 5) is 2.68. The average molecular weight is 246 g/mol. The van der Waals surface area contributed by atoms with Gasteiger partial charge >= 0.3 is 0 Å². The quantitative estimate of drug-likeness (QED) is 0.799. The van der Waals surface area contributed by atoms with E-state index in [2.05, 4.69) is 31.3 Å². The van der Waals surface area contributed by atoms with Gasteiger partial charge in [0.1, 0.15) is 0 Å². The van der Waals surface area contributed by atoms with Gasteiger partial charge in [0.25, 0.3) is 0 Å². The molecule has 2 rings (SSSR count). The van der Waals surface area contributed by atoms with Crippen LogP contribution >= 0.6 is 11.3 Å². The third kappa shape index (κ3) is 2.61. The van der Waals surface area contributed by atoms with Crippen molar-refractivity contribution in [2.75, 3.05) is 11.1 Å². The zero-order chi connectivity index (χ0) is 12.4. The monoisotopic (exact) mass is 246 g/mol. The molecule has 1 unspecified atom stereocenters. The van der Waals surface area contributed by atoms with Gasteiger partial charge in [-0.2, -0.15) is 0 Å². The van der Waals surface area contributed by atoms with Gasteiger partial charge in [-0.25, -0.2) is 0 Å². The highest BCUT2D eigenvalue weighted by atomic mass is 32.1. The Bertz CT molecular complexity index is 517. The molecule has 1 atom stereocenters. The van der Waals surface area contributed by atoms with Crippen LogP contribution in [-0.2, 0) is 0 Å². The zero-order valence-electron chi connectivity index (χ0n) is 10.4. The van der Waals surface area contributed by atoms with Gasteiger partial charge < -0.3 is 11.1 Å². The third-order valence-electron chi connectivity index (χ3n) is 2.88. The molecule has 1 aromatic carbocycles. The smallest absolute Gasteiger partial charge is 0.0581 e.